The van der Waals surface area contributed by atoms with Crippen molar-refractivity contribution in [3.63, 3.8) is 0 Å². The molecule has 1 aliphatic rings. The molecule has 2 aromatic rings. The Kier molecular flexibility index (Phi) is 4.43. The van der Waals surface area contributed by atoms with Gasteiger partial charge in [0.2, 0.25) is 5.90 Å². The molecule has 0 N–H and O–H groups in total. The van der Waals surface area contributed by atoms with Crippen LogP contribution in [0.5, 0.6) is 0 Å². The Hall–Kier alpha value is -1.26. The van der Waals surface area contributed by atoms with Gasteiger partial charge in [0, 0.05) is 11.5 Å². The molecule has 1 aromatic heterocycles. The van der Waals surface area contributed by atoms with Crippen LogP contribution in [0.4, 0.5) is 0 Å². The van der Waals surface area contributed by atoms with Gasteiger partial charge in [-0.1, -0.05) is 35.9 Å². The average molecular weight is 303 g/mol. The Balaban J connectivity index is 1.49. The molecular formula is C16H17NOS2. The lowest BCUT2D eigenvalue weighted by Gasteiger charge is -2.05. The fraction of sp³-hybridized carbons (Fsp3) is 0.312. The number of hydrogen-bond acceptors (Lipinski definition) is 4. The summed E-state index contributed by atoms with van der Waals surface area (Å²) in [6, 6.07) is 13.1. The van der Waals surface area contributed by atoms with E-state index in [4.69, 9.17) is 4.74 Å². The van der Waals surface area contributed by atoms with Crippen molar-refractivity contribution in [2.75, 3.05) is 12.4 Å². The molecular weight excluding hydrogens is 286 g/mol. The Morgan fingerprint density at radius 2 is 2.15 bits per heavy atom. The maximum absolute atomic E-state index is 5.68. The smallest absolute Gasteiger partial charge is 0.226 e. The van der Waals surface area contributed by atoms with Crippen LogP contribution in [-0.2, 0) is 10.5 Å². The van der Waals surface area contributed by atoms with Crippen molar-refractivity contribution < 1.29 is 4.74 Å². The van der Waals surface area contributed by atoms with Crippen LogP contribution in [0.2, 0.25) is 0 Å². The first-order chi connectivity index (χ1) is 9.81. The van der Waals surface area contributed by atoms with Crippen LogP contribution >= 0.6 is 23.1 Å². The summed E-state index contributed by atoms with van der Waals surface area (Å²) in [5, 5.41) is 2.06. The zero-order chi connectivity index (χ0) is 13.8. The summed E-state index contributed by atoms with van der Waals surface area (Å²) in [5.41, 5.74) is 2.69. The van der Waals surface area contributed by atoms with Crippen molar-refractivity contribution >= 4 is 29.0 Å². The monoisotopic (exact) mass is 303 g/mol. The molecule has 1 aromatic carbocycles. The van der Waals surface area contributed by atoms with Crippen molar-refractivity contribution in [2.24, 2.45) is 4.99 Å². The number of hydrogen-bond donors (Lipinski definition) is 0. The van der Waals surface area contributed by atoms with E-state index in [0.29, 0.717) is 12.6 Å². The lowest BCUT2D eigenvalue weighted by Crippen LogP contribution is -2.09. The highest BCUT2D eigenvalue weighted by Crippen LogP contribution is 2.20. The Labute approximate surface area is 127 Å². The minimum atomic E-state index is 0.294. The van der Waals surface area contributed by atoms with E-state index in [9.17, 15) is 0 Å². The summed E-state index contributed by atoms with van der Waals surface area (Å²) in [4.78, 5) is 5.80. The molecule has 0 bridgehead atoms. The molecule has 1 atom stereocenters. The third-order valence-electron chi connectivity index (χ3n) is 3.14. The molecule has 0 saturated heterocycles. The summed E-state index contributed by atoms with van der Waals surface area (Å²) in [6.07, 6.45) is 0. The van der Waals surface area contributed by atoms with Gasteiger partial charge in [0.25, 0.3) is 0 Å². The van der Waals surface area contributed by atoms with Crippen molar-refractivity contribution in [3.05, 3.63) is 57.8 Å². The van der Waals surface area contributed by atoms with E-state index in [0.717, 1.165) is 22.3 Å². The van der Waals surface area contributed by atoms with Crippen molar-refractivity contribution in [3.8, 4) is 0 Å². The second-order valence-corrected chi connectivity index (χ2v) is 6.86. The summed E-state index contributed by atoms with van der Waals surface area (Å²) < 4.78 is 5.68. The van der Waals surface area contributed by atoms with Gasteiger partial charge in [-0.2, -0.15) is 11.8 Å². The molecule has 20 heavy (non-hydrogen) atoms. The first kappa shape index (κ1) is 13.7. The number of thioether (sulfide) groups is 1. The molecule has 0 radical (unpaired) electrons. The summed E-state index contributed by atoms with van der Waals surface area (Å²) >= 11 is 3.61. The highest BCUT2D eigenvalue weighted by Gasteiger charge is 2.20. The van der Waals surface area contributed by atoms with E-state index in [-0.39, 0.29) is 0 Å². The summed E-state index contributed by atoms with van der Waals surface area (Å²) in [6.45, 7) is 2.84. The minimum absolute atomic E-state index is 0.294. The number of rotatable bonds is 5. The minimum Gasteiger partial charge on any atom is -0.475 e. The second-order valence-electron chi connectivity index (χ2n) is 4.88. The first-order valence-corrected chi connectivity index (χ1v) is 8.72. The van der Waals surface area contributed by atoms with Gasteiger partial charge in [0.15, 0.2) is 0 Å². The van der Waals surface area contributed by atoms with E-state index in [2.05, 4.69) is 47.6 Å². The Morgan fingerprint density at radius 1 is 1.30 bits per heavy atom. The lowest BCUT2D eigenvalue weighted by molar-refractivity contribution is 0.326. The van der Waals surface area contributed by atoms with Crippen LogP contribution < -0.4 is 0 Å². The topological polar surface area (TPSA) is 21.6 Å². The predicted octanol–water partition coefficient (Wildman–Crippen LogP) is 4.14. The van der Waals surface area contributed by atoms with E-state index in [1.54, 1.807) is 11.3 Å². The Bertz CT molecular complexity index is 575. The predicted molar refractivity (Wildman–Crippen MR) is 87.9 cm³/mol. The van der Waals surface area contributed by atoms with Crippen LogP contribution in [0, 0.1) is 6.92 Å². The molecule has 2 heterocycles. The third kappa shape index (κ3) is 3.44. The normalized spacial score (nSPS) is 17.9. The lowest BCUT2D eigenvalue weighted by atomic mass is 10.2. The number of aryl methyl sites for hydroxylation is 1. The van der Waals surface area contributed by atoms with Crippen LogP contribution in [0.15, 0.2) is 46.8 Å². The molecule has 0 aliphatic carbocycles. The van der Waals surface area contributed by atoms with Gasteiger partial charge in [-0.15, -0.1) is 11.3 Å². The molecule has 4 heteroatoms. The third-order valence-corrected chi connectivity index (χ3v) is 5.16. The van der Waals surface area contributed by atoms with Crippen LogP contribution in [0.25, 0.3) is 0 Å². The van der Waals surface area contributed by atoms with E-state index in [1.165, 1.54) is 11.1 Å². The van der Waals surface area contributed by atoms with Gasteiger partial charge in [-0.25, -0.2) is 4.99 Å². The highest BCUT2D eigenvalue weighted by molar-refractivity contribution is 7.98. The highest BCUT2D eigenvalue weighted by atomic mass is 32.2. The molecule has 104 valence electrons. The molecule has 0 saturated carbocycles. The largest absolute Gasteiger partial charge is 0.475 e. The summed E-state index contributed by atoms with van der Waals surface area (Å²) in [5.74, 6) is 2.88. The summed E-state index contributed by atoms with van der Waals surface area (Å²) in [7, 11) is 0. The standard InChI is InChI=1S/C16H17NOS2/c1-12-4-6-13(7-5-12)10-19-11-14-9-18-16(17-14)15-3-2-8-20-15/h2-8,14H,9-11H2,1H3. The molecule has 2 nitrogen and oxygen atoms in total. The van der Waals surface area contributed by atoms with Gasteiger partial charge >= 0.3 is 0 Å². The van der Waals surface area contributed by atoms with Crippen LogP contribution in [-0.4, -0.2) is 24.3 Å². The number of ether oxygens (including phenoxy) is 1. The van der Waals surface area contributed by atoms with Crippen LogP contribution in [0.3, 0.4) is 0 Å². The van der Waals surface area contributed by atoms with Crippen molar-refractivity contribution in [1.29, 1.82) is 0 Å². The van der Waals surface area contributed by atoms with Gasteiger partial charge in [0.05, 0.1) is 10.9 Å². The van der Waals surface area contributed by atoms with Gasteiger partial charge in [-0.05, 0) is 23.9 Å². The number of aliphatic imine (C=N–C) groups is 1. The maximum Gasteiger partial charge on any atom is 0.226 e. The molecule has 1 unspecified atom stereocenters. The average Bonchev–Trinajstić information content (AvgIpc) is 3.11. The zero-order valence-electron chi connectivity index (χ0n) is 11.4. The quantitative estimate of drug-likeness (QED) is 0.828. The Morgan fingerprint density at radius 3 is 2.90 bits per heavy atom. The van der Waals surface area contributed by atoms with E-state index < -0.39 is 0 Å². The molecule has 0 amide bonds. The van der Waals surface area contributed by atoms with Gasteiger partial charge < -0.3 is 4.74 Å². The first-order valence-electron chi connectivity index (χ1n) is 6.69. The zero-order valence-corrected chi connectivity index (χ0v) is 13.0. The van der Waals surface area contributed by atoms with E-state index >= 15 is 0 Å². The number of thiophene rings is 1. The number of nitrogens with zero attached hydrogens (tertiary/aromatic N) is 1. The van der Waals surface area contributed by atoms with Crippen LogP contribution in [0.1, 0.15) is 16.0 Å². The molecule has 0 spiro atoms. The second kappa shape index (κ2) is 6.46. The molecule has 3 rings (SSSR count). The van der Waals surface area contributed by atoms with E-state index in [1.807, 2.05) is 17.8 Å². The fourth-order valence-electron chi connectivity index (χ4n) is 2.03. The molecule has 0 fully saturated rings. The maximum atomic E-state index is 5.68. The molecule has 1 aliphatic heterocycles. The van der Waals surface area contributed by atoms with Gasteiger partial charge in [0.1, 0.15) is 6.61 Å². The van der Waals surface area contributed by atoms with Crippen molar-refractivity contribution in [1.82, 2.24) is 0 Å². The number of benzene rings is 1. The van der Waals surface area contributed by atoms with Gasteiger partial charge in [-0.3, -0.25) is 0 Å². The SMILES string of the molecule is Cc1ccc(CSCC2COC(c3cccs3)=N2)cc1. The van der Waals surface area contributed by atoms with Crippen molar-refractivity contribution in [2.45, 2.75) is 18.7 Å². The fourth-order valence-corrected chi connectivity index (χ4v) is 3.70.